The maximum Gasteiger partial charge on any atom is 0.408 e. The number of nitrogens with zero attached hydrogens (tertiary/aromatic N) is 6. The van der Waals surface area contributed by atoms with E-state index in [9.17, 15) is 13.2 Å². The van der Waals surface area contributed by atoms with Gasteiger partial charge in [0.2, 0.25) is 11.8 Å². The predicted molar refractivity (Wildman–Crippen MR) is 121 cm³/mol. The van der Waals surface area contributed by atoms with Gasteiger partial charge in [-0.15, -0.1) is 10.2 Å². The molecule has 6 rings (SSSR count). The predicted octanol–water partition coefficient (Wildman–Crippen LogP) is 4.08. The minimum Gasteiger partial charge on any atom is -0.479 e. The number of ether oxygens (including phenoxy) is 2. The van der Waals surface area contributed by atoms with Crippen molar-refractivity contribution in [2.45, 2.75) is 44.4 Å². The first-order valence-electron chi connectivity index (χ1n) is 12.8. The van der Waals surface area contributed by atoms with Crippen molar-refractivity contribution in [3.8, 4) is 17.0 Å². The number of nitrogens with one attached hydrogen (secondary N) is 1. The number of hydrogen-bond donors (Lipinski definition) is 1. The monoisotopic (exact) mass is 490 g/mol. The molecular weight excluding hydrogens is 463 g/mol. The van der Waals surface area contributed by atoms with Crippen molar-refractivity contribution in [1.82, 2.24) is 29.6 Å². The lowest BCUT2D eigenvalue weighted by Crippen LogP contribution is -2.47. The van der Waals surface area contributed by atoms with Crippen LogP contribution in [0.2, 0.25) is 0 Å². The number of halogens is 3. The van der Waals surface area contributed by atoms with Crippen molar-refractivity contribution in [3.05, 3.63) is 30.5 Å². The molecule has 9 nitrogen and oxygen atoms in total. The van der Waals surface area contributed by atoms with Gasteiger partial charge in [0.15, 0.2) is 0 Å². The van der Waals surface area contributed by atoms with Crippen LogP contribution in [0.3, 0.4) is 0 Å². The van der Waals surface area contributed by atoms with E-state index in [4.69, 9.17) is 13.6 Å². The molecule has 3 aromatic heterocycles. The molecule has 1 N–H and O–H groups in total. The van der Waals surface area contributed by atoms with E-state index >= 15 is 0 Å². The zero-order valence-electron chi connectivity index (χ0n) is 21.5. The molecule has 184 valence electrons. The van der Waals surface area contributed by atoms with Gasteiger partial charge in [0.1, 0.15) is 17.6 Å². The van der Waals surface area contributed by atoms with Gasteiger partial charge in [-0.1, -0.05) is 11.3 Å². The van der Waals surface area contributed by atoms with Gasteiger partial charge in [0.05, 0.1) is 29.9 Å². The highest BCUT2D eigenvalue weighted by Crippen LogP contribution is 2.43. The summed E-state index contributed by atoms with van der Waals surface area (Å²) in [5.74, 6) is 0.0665. The van der Waals surface area contributed by atoms with E-state index in [1.165, 1.54) is 10.6 Å². The van der Waals surface area contributed by atoms with Crippen LogP contribution in [0.25, 0.3) is 27.7 Å². The molecule has 1 saturated heterocycles. The molecule has 0 unspecified atom stereocenters. The summed E-state index contributed by atoms with van der Waals surface area (Å²) < 4.78 is 74.9. The molecule has 0 amide bonds. The quantitative estimate of drug-likeness (QED) is 0.451. The van der Waals surface area contributed by atoms with Gasteiger partial charge < -0.3 is 14.8 Å². The van der Waals surface area contributed by atoms with E-state index < -0.39 is 19.8 Å². The molecule has 4 heterocycles. The van der Waals surface area contributed by atoms with Crippen LogP contribution in [-0.2, 0) is 11.3 Å². The molecule has 0 bridgehead atoms. The lowest BCUT2D eigenvalue weighted by Gasteiger charge is -2.46. The van der Waals surface area contributed by atoms with E-state index in [1.54, 1.807) is 24.4 Å². The van der Waals surface area contributed by atoms with Gasteiger partial charge in [-0.05, 0) is 49.4 Å². The Labute approximate surface area is 202 Å². The highest BCUT2D eigenvalue weighted by molar-refractivity contribution is 5.89. The Hall–Kier alpha value is -3.41. The standard InChI is InChI=1S/C23H24F3N7O2/c1-34-20-19-16(14-2-3-17-18(10-14)33(31-29-17)11-23(24,25)26)6-9-32(19)30-21(28-20)27-15-4-7-22(8-5-15)12-35-13-22/h2-3,6,9-10,15H,4-5,7-8,11-13H2,1H3,(H,27,30)/i1D3. The topological polar surface area (TPSA) is 91.4 Å². The molecule has 12 heteroatoms. The summed E-state index contributed by atoms with van der Waals surface area (Å²) in [6.07, 6.45) is 1.04. The number of rotatable bonds is 5. The van der Waals surface area contributed by atoms with Crippen LogP contribution in [-0.4, -0.2) is 62.1 Å². The van der Waals surface area contributed by atoms with Crippen molar-refractivity contribution in [2.75, 3.05) is 25.6 Å². The summed E-state index contributed by atoms with van der Waals surface area (Å²) in [4.78, 5) is 4.40. The van der Waals surface area contributed by atoms with Crippen LogP contribution in [0.5, 0.6) is 5.88 Å². The number of aromatic nitrogens is 6. The molecule has 2 aliphatic rings. The van der Waals surface area contributed by atoms with Crippen LogP contribution >= 0.6 is 0 Å². The van der Waals surface area contributed by atoms with Gasteiger partial charge in [0.25, 0.3) is 0 Å². The Bertz CT molecular complexity index is 1490. The number of anilines is 1. The molecule has 2 fully saturated rings. The van der Waals surface area contributed by atoms with Crippen LogP contribution in [0.1, 0.15) is 29.8 Å². The third-order valence-electron chi connectivity index (χ3n) is 6.93. The fraction of sp³-hybridized carbons (Fsp3) is 0.478. The molecule has 4 aromatic rings. The van der Waals surface area contributed by atoms with E-state index in [0.29, 0.717) is 16.6 Å². The zero-order valence-corrected chi connectivity index (χ0v) is 18.5. The molecule has 1 aromatic carbocycles. The Kier molecular flexibility index (Phi) is 4.35. The molecule has 1 aliphatic heterocycles. The molecule has 35 heavy (non-hydrogen) atoms. The number of benzene rings is 1. The summed E-state index contributed by atoms with van der Waals surface area (Å²) >= 11 is 0. The molecule has 1 aliphatic carbocycles. The average Bonchev–Trinajstić information content (AvgIpc) is 3.41. The summed E-state index contributed by atoms with van der Waals surface area (Å²) in [6.45, 7) is 0.303. The normalized spacial score (nSPS) is 19.9. The number of hydrogen-bond acceptors (Lipinski definition) is 7. The Balaban J connectivity index is 1.36. The summed E-state index contributed by atoms with van der Waals surface area (Å²) in [7, 11) is -2.78. The average molecular weight is 491 g/mol. The Morgan fingerprint density at radius 3 is 2.80 bits per heavy atom. The SMILES string of the molecule is [2H]C([2H])([2H])Oc1nc(NC2CCC3(CC2)COC3)nn2ccc(-c3ccc4nnn(CC(F)(F)F)c4c3)c12. The summed E-state index contributed by atoms with van der Waals surface area (Å²) in [6, 6.07) is 6.54. The van der Waals surface area contributed by atoms with E-state index in [-0.39, 0.29) is 34.3 Å². The molecule has 1 saturated carbocycles. The van der Waals surface area contributed by atoms with E-state index in [2.05, 4.69) is 25.7 Å². The highest BCUT2D eigenvalue weighted by Gasteiger charge is 2.41. The van der Waals surface area contributed by atoms with Crippen LogP contribution in [0, 0.1) is 5.41 Å². The second kappa shape index (κ2) is 8.08. The second-order valence-corrected chi connectivity index (χ2v) is 9.34. The smallest absolute Gasteiger partial charge is 0.408 e. The van der Waals surface area contributed by atoms with Crippen LogP contribution in [0.4, 0.5) is 19.1 Å². The Morgan fingerprint density at radius 1 is 1.26 bits per heavy atom. The highest BCUT2D eigenvalue weighted by atomic mass is 19.4. The maximum absolute atomic E-state index is 13.0. The lowest BCUT2D eigenvalue weighted by molar-refractivity contribution is -0.142. The van der Waals surface area contributed by atoms with Crippen molar-refractivity contribution in [1.29, 1.82) is 0 Å². The number of methoxy groups -OCH3 is 1. The van der Waals surface area contributed by atoms with E-state index in [0.717, 1.165) is 43.6 Å². The third kappa shape index (κ3) is 4.05. The first kappa shape index (κ1) is 18.9. The van der Waals surface area contributed by atoms with E-state index in [1.807, 2.05) is 0 Å². The fourth-order valence-electron chi connectivity index (χ4n) is 5.01. The third-order valence-corrected chi connectivity index (χ3v) is 6.93. The van der Waals surface area contributed by atoms with Crippen molar-refractivity contribution in [3.63, 3.8) is 0 Å². The lowest BCUT2D eigenvalue weighted by atomic mass is 9.71. The van der Waals surface area contributed by atoms with Gasteiger partial charge >= 0.3 is 6.18 Å². The molecule has 0 radical (unpaired) electrons. The molecule has 0 atom stereocenters. The number of alkyl halides is 3. The molecular formula is C23H24F3N7O2. The van der Waals surface area contributed by atoms with Crippen molar-refractivity contribution < 1.29 is 26.8 Å². The summed E-state index contributed by atoms with van der Waals surface area (Å²) in [5.41, 5.74) is 2.03. The first-order valence-corrected chi connectivity index (χ1v) is 11.3. The molecule has 1 spiro atoms. The fourth-order valence-corrected chi connectivity index (χ4v) is 5.01. The van der Waals surface area contributed by atoms with Gasteiger partial charge in [0, 0.05) is 23.2 Å². The zero-order chi connectivity index (χ0) is 26.7. The maximum atomic E-state index is 13.0. The van der Waals surface area contributed by atoms with Gasteiger partial charge in [-0.3, -0.25) is 0 Å². The largest absolute Gasteiger partial charge is 0.479 e. The van der Waals surface area contributed by atoms with Crippen LogP contribution in [0.15, 0.2) is 30.5 Å². The number of fused-ring (bicyclic) bond motifs is 2. The Morgan fingerprint density at radius 2 is 2.09 bits per heavy atom. The second-order valence-electron chi connectivity index (χ2n) is 9.34. The van der Waals surface area contributed by atoms with Gasteiger partial charge in [-0.25, -0.2) is 9.20 Å². The van der Waals surface area contributed by atoms with Crippen molar-refractivity contribution >= 4 is 22.5 Å². The first-order chi connectivity index (χ1) is 18.0. The van der Waals surface area contributed by atoms with Gasteiger partial charge in [-0.2, -0.15) is 18.2 Å². The minimum absolute atomic E-state index is 0.123. The van der Waals surface area contributed by atoms with Crippen LogP contribution < -0.4 is 10.1 Å². The summed E-state index contributed by atoms with van der Waals surface area (Å²) in [5, 5.41) is 15.3. The minimum atomic E-state index is -4.47. The van der Waals surface area contributed by atoms with Crippen molar-refractivity contribution in [2.24, 2.45) is 5.41 Å².